The highest BCUT2D eigenvalue weighted by atomic mass is 14.5. The average Bonchev–Trinajstić information content (AvgIpc) is 1.99. The van der Waals surface area contributed by atoms with E-state index < -0.39 is 0 Å². The summed E-state index contributed by atoms with van der Waals surface area (Å²) in [5.74, 6) is 1.32. The summed E-state index contributed by atoms with van der Waals surface area (Å²) >= 11 is 0. The van der Waals surface area contributed by atoms with Gasteiger partial charge in [-0.25, -0.2) is 0 Å². The monoisotopic (exact) mass is 141 g/mol. The molecule has 0 aromatic rings. The summed E-state index contributed by atoms with van der Waals surface area (Å²) in [6, 6.07) is 0. The lowest BCUT2D eigenvalue weighted by atomic mass is 9.98. The summed E-state index contributed by atoms with van der Waals surface area (Å²) in [5.41, 5.74) is 5.47. The number of hydrogen-bond donors (Lipinski definition) is 1. The quantitative estimate of drug-likeness (QED) is 0.583. The van der Waals surface area contributed by atoms with Gasteiger partial charge in [0.2, 0.25) is 0 Å². The van der Waals surface area contributed by atoms with Crippen LogP contribution in [0.25, 0.3) is 0 Å². The van der Waals surface area contributed by atoms with Crippen LogP contribution >= 0.6 is 0 Å². The molecule has 0 aliphatic carbocycles. The molecule has 0 aromatic heterocycles. The SMILES string of the molecule is C=C[C@@H](C)CCC(C)CN. The number of nitrogens with two attached hydrogens (primary N) is 1. The van der Waals surface area contributed by atoms with E-state index in [0.29, 0.717) is 11.8 Å². The number of hydrogen-bond acceptors (Lipinski definition) is 1. The van der Waals surface area contributed by atoms with Crippen LogP contribution in [-0.4, -0.2) is 6.54 Å². The minimum absolute atomic E-state index is 0.647. The van der Waals surface area contributed by atoms with Crippen molar-refractivity contribution in [3.8, 4) is 0 Å². The first-order valence-electron chi connectivity index (χ1n) is 4.03. The summed E-state index contributed by atoms with van der Waals surface area (Å²) < 4.78 is 0. The molecule has 0 saturated carbocycles. The van der Waals surface area contributed by atoms with Crippen molar-refractivity contribution in [3.05, 3.63) is 12.7 Å². The van der Waals surface area contributed by atoms with E-state index in [9.17, 15) is 0 Å². The van der Waals surface area contributed by atoms with Gasteiger partial charge in [-0.15, -0.1) is 6.58 Å². The maximum Gasteiger partial charge on any atom is -0.00515 e. The van der Waals surface area contributed by atoms with Crippen LogP contribution in [0.2, 0.25) is 0 Å². The molecule has 0 bridgehead atoms. The minimum Gasteiger partial charge on any atom is -0.330 e. The molecule has 0 rings (SSSR count). The van der Waals surface area contributed by atoms with Crippen LogP contribution in [0.15, 0.2) is 12.7 Å². The second kappa shape index (κ2) is 5.48. The third kappa shape index (κ3) is 4.57. The summed E-state index contributed by atoms with van der Waals surface area (Å²) in [6.45, 7) is 8.92. The first kappa shape index (κ1) is 9.70. The van der Waals surface area contributed by atoms with E-state index in [2.05, 4.69) is 20.4 Å². The fourth-order valence-electron chi connectivity index (χ4n) is 0.783. The Morgan fingerprint density at radius 3 is 2.40 bits per heavy atom. The molecule has 1 unspecified atom stereocenters. The molecule has 0 radical (unpaired) electrons. The maximum absolute atomic E-state index is 5.47. The molecule has 2 atom stereocenters. The van der Waals surface area contributed by atoms with Crippen molar-refractivity contribution in [1.82, 2.24) is 0 Å². The Bertz CT molecular complexity index is 88.7. The van der Waals surface area contributed by atoms with Crippen molar-refractivity contribution in [3.63, 3.8) is 0 Å². The van der Waals surface area contributed by atoms with E-state index >= 15 is 0 Å². The average molecular weight is 141 g/mol. The van der Waals surface area contributed by atoms with Crippen LogP contribution in [-0.2, 0) is 0 Å². The molecule has 1 heteroatoms. The van der Waals surface area contributed by atoms with Crippen LogP contribution in [0.1, 0.15) is 26.7 Å². The highest BCUT2D eigenvalue weighted by molar-refractivity contribution is 4.75. The molecule has 0 aliphatic rings. The molecule has 2 N–H and O–H groups in total. The van der Waals surface area contributed by atoms with Crippen molar-refractivity contribution >= 4 is 0 Å². The van der Waals surface area contributed by atoms with E-state index in [-0.39, 0.29) is 0 Å². The minimum atomic E-state index is 0.647. The van der Waals surface area contributed by atoms with E-state index in [1.807, 2.05) is 6.08 Å². The zero-order valence-corrected chi connectivity index (χ0v) is 7.14. The van der Waals surface area contributed by atoms with Crippen LogP contribution in [0, 0.1) is 11.8 Å². The first-order valence-corrected chi connectivity index (χ1v) is 4.03. The Balaban J connectivity index is 3.25. The molecular formula is C9H19N. The van der Waals surface area contributed by atoms with E-state index in [1.165, 1.54) is 12.8 Å². The Morgan fingerprint density at radius 1 is 1.40 bits per heavy atom. The van der Waals surface area contributed by atoms with Crippen LogP contribution in [0.4, 0.5) is 0 Å². The van der Waals surface area contributed by atoms with Crippen molar-refractivity contribution in [2.45, 2.75) is 26.7 Å². The Kier molecular flexibility index (Phi) is 5.32. The predicted octanol–water partition coefficient (Wildman–Crippen LogP) is 2.18. The highest BCUT2D eigenvalue weighted by Crippen LogP contribution is 2.11. The van der Waals surface area contributed by atoms with Gasteiger partial charge in [0.05, 0.1) is 0 Å². The van der Waals surface area contributed by atoms with Crippen LogP contribution in [0.5, 0.6) is 0 Å². The number of rotatable bonds is 5. The summed E-state index contributed by atoms with van der Waals surface area (Å²) in [4.78, 5) is 0. The van der Waals surface area contributed by atoms with Gasteiger partial charge in [0, 0.05) is 0 Å². The lowest BCUT2D eigenvalue weighted by molar-refractivity contribution is 0.479. The van der Waals surface area contributed by atoms with E-state index in [1.54, 1.807) is 0 Å². The molecule has 0 aliphatic heterocycles. The maximum atomic E-state index is 5.47. The molecule has 10 heavy (non-hydrogen) atoms. The summed E-state index contributed by atoms with van der Waals surface area (Å²) in [5, 5.41) is 0. The number of allylic oxidation sites excluding steroid dienone is 1. The van der Waals surface area contributed by atoms with Gasteiger partial charge < -0.3 is 5.73 Å². The summed E-state index contributed by atoms with van der Waals surface area (Å²) in [6.07, 6.45) is 4.45. The lowest BCUT2D eigenvalue weighted by Gasteiger charge is -2.09. The van der Waals surface area contributed by atoms with Gasteiger partial charge >= 0.3 is 0 Å². The Morgan fingerprint density at radius 2 is 2.00 bits per heavy atom. The zero-order valence-electron chi connectivity index (χ0n) is 7.14. The Hall–Kier alpha value is -0.300. The second-order valence-corrected chi connectivity index (χ2v) is 3.13. The molecule has 0 fully saturated rings. The smallest absolute Gasteiger partial charge is 0.00515 e. The largest absolute Gasteiger partial charge is 0.330 e. The summed E-state index contributed by atoms with van der Waals surface area (Å²) in [7, 11) is 0. The van der Waals surface area contributed by atoms with E-state index in [0.717, 1.165) is 6.54 Å². The van der Waals surface area contributed by atoms with Crippen LogP contribution in [0.3, 0.4) is 0 Å². The molecule has 0 heterocycles. The normalized spacial score (nSPS) is 16.3. The second-order valence-electron chi connectivity index (χ2n) is 3.13. The van der Waals surface area contributed by atoms with Crippen molar-refractivity contribution in [2.24, 2.45) is 17.6 Å². The van der Waals surface area contributed by atoms with Crippen molar-refractivity contribution in [1.29, 1.82) is 0 Å². The van der Waals surface area contributed by atoms with Gasteiger partial charge in [-0.05, 0) is 31.2 Å². The predicted molar refractivity (Wildman–Crippen MR) is 46.8 cm³/mol. The Labute approximate surface area is 64.3 Å². The van der Waals surface area contributed by atoms with Gasteiger partial charge in [0.1, 0.15) is 0 Å². The fraction of sp³-hybridized carbons (Fsp3) is 0.778. The van der Waals surface area contributed by atoms with Gasteiger partial charge in [0.15, 0.2) is 0 Å². The van der Waals surface area contributed by atoms with Crippen molar-refractivity contribution in [2.75, 3.05) is 6.54 Å². The van der Waals surface area contributed by atoms with E-state index in [4.69, 9.17) is 5.73 Å². The highest BCUT2D eigenvalue weighted by Gasteiger charge is 2.01. The third-order valence-electron chi connectivity index (χ3n) is 1.92. The molecule has 1 nitrogen and oxygen atoms in total. The standard InChI is InChI=1S/C9H19N/c1-4-8(2)5-6-9(3)7-10/h4,8-9H,1,5-7,10H2,2-3H3/t8-,9?/m1/s1. The topological polar surface area (TPSA) is 26.0 Å². The molecule has 0 aromatic carbocycles. The van der Waals surface area contributed by atoms with Gasteiger partial charge in [-0.3, -0.25) is 0 Å². The van der Waals surface area contributed by atoms with Gasteiger partial charge in [-0.1, -0.05) is 19.9 Å². The molecule has 0 spiro atoms. The fourth-order valence-corrected chi connectivity index (χ4v) is 0.783. The van der Waals surface area contributed by atoms with Gasteiger partial charge in [0.25, 0.3) is 0 Å². The molecular weight excluding hydrogens is 122 g/mol. The van der Waals surface area contributed by atoms with Crippen molar-refractivity contribution < 1.29 is 0 Å². The third-order valence-corrected chi connectivity index (χ3v) is 1.92. The van der Waals surface area contributed by atoms with Gasteiger partial charge in [-0.2, -0.15) is 0 Å². The molecule has 60 valence electrons. The first-order chi connectivity index (χ1) is 4.70. The zero-order chi connectivity index (χ0) is 7.98. The molecule has 0 amide bonds. The lowest BCUT2D eigenvalue weighted by Crippen LogP contribution is -2.11. The van der Waals surface area contributed by atoms with Crippen LogP contribution < -0.4 is 5.73 Å². The molecule has 0 saturated heterocycles.